The van der Waals surface area contributed by atoms with E-state index in [1.807, 2.05) is 22.6 Å². The predicted octanol–water partition coefficient (Wildman–Crippen LogP) is 2.68. The summed E-state index contributed by atoms with van der Waals surface area (Å²) in [5.41, 5.74) is 0.800. The number of fused-ring (bicyclic) bond motifs is 1. The summed E-state index contributed by atoms with van der Waals surface area (Å²) in [6.45, 7) is 2.37. The second-order valence-electron chi connectivity index (χ2n) is 8.95. The van der Waals surface area contributed by atoms with Crippen LogP contribution in [0, 0.1) is 0 Å². The Balaban J connectivity index is 1.02. The van der Waals surface area contributed by atoms with E-state index >= 15 is 0 Å². The van der Waals surface area contributed by atoms with E-state index in [2.05, 4.69) is 55.4 Å². The molecular weight excluding hydrogens is 438 g/mol. The maximum Gasteiger partial charge on any atom is 0.315 e. The lowest BCUT2D eigenvalue weighted by atomic mass is 10.0. The third kappa shape index (κ3) is 7.25. The number of hydrogen-bond donors (Lipinski definition) is 3. The van der Waals surface area contributed by atoms with Gasteiger partial charge in [-0.15, -0.1) is 5.10 Å². The summed E-state index contributed by atoms with van der Waals surface area (Å²) in [7, 11) is 0. The fourth-order valence-electron chi connectivity index (χ4n) is 4.52. The van der Waals surface area contributed by atoms with E-state index in [0.717, 1.165) is 50.2 Å². The average molecular weight is 474 g/mol. The smallest absolute Gasteiger partial charge is 0.315 e. The number of nitrogens with one attached hydrogen (secondary N) is 3. The largest absolute Gasteiger partial charge is 0.354 e. The molecule has 2 aliphatic heterocycles. The molecule has 3 N–H and O–H groups in total. The molecule has 3 atom stereocenters. The van der Waals surface area contributed by atoms with Crippen molar-refractivity contribution in [2.75, 3.05) is 5.75 Å². The first-order valence-electron chi connectivity index (χ1n) is 12.1. The third-order valence-corrected chi connectivity index (χ3v) is 7.86. The Morgan fingerprint density at radius 1 is 1.09 bits per heavy atom. The van der Waals surface area contributed by atoms with Crippen LogP contribution in [0.2, 0.25) is 0 Å². The SMILES string of the molecule is O=C(CCCC[C@@H]1SC[C@@H]2NC(=O)N[C@@H]21)NCc1cn(CCCCCCn2cccc2)nn1. The van der Waals surface area contributed by atoms with Gasteiger partial charge in [0.05, 0.1) is 24.8 Å². The van der Waals surface area contributed by atoms with Gasteiger partial charge in [0.15, 0.2) is 0 Å². The molecule has 0 bridgehead atoms. The summed E-state index contributed by atoms with van der Waals surface area (Å²) < 4.78 is 4.09. The molecule has 0 aromatic carbocycles. The number of aromatic nitrogens is 4. The molecule has 4 heterocycles. The van der Waals surface area contributed by atoms with Crippen LogP contribution in [0.3, 0.4) is 0 Å². The van der Waals surface area contributed by atoms with Gasteiger partial charge >= 0.3 is 6.03 Å². The number of rotatable bonds is 14. The first-order chi connectivity index (χ1) is 16.2. The van der Waals surface area contributed by atoms with Crippen molar-refractivity contribution in [3.63, 3.8) is 0 Å². The predicted molar refractivity (Wildman–Crippen MR) is 129 cm³/mol. The van der Waals surface area contributed by atoms with Gasteiger partial charge in [-0.2, -0.15) is 11.8 Å². The van der Waals surface area contributed by atoms with Crippen molar-refractivity contribution in [3.05, 3.63) is 36.4 Å². The van der Waals surface area contributed by atoms with E-state index < -0.39 is 0 Å². The zero-order valence-electron chi connectivity index (χ0n) is 19.1. The zero-order valence-corrected chi connectivity index (χ0v) is 19.9. The average Bonchev–Trinajstić information content (AvgIpc) is 3.59. The second kappa shape index (κ2) is 12.1. The van der Waals surface area contributed by atoms with E-state index in [0.29, 0.717) is 18.2 Å². The molecule has 0 saturated carbocycles. The number of hydrogen-bond acceptors (Lipinski definition) is 5. The van der Waals surface area contributed by atoms with E-state index in [-0.39, 0.29) is 24.0 Å². The quantitative estimate of drug-likeness (QED) is 0.289. The van der Waals surface area contributed by atoms with Gasteiger partial charge in [0.1, 0.15) is 5.69 Å². The van der Waals surface area contributed by atoms with E-state index in [4.69, 9.17) is 0 Å². The molecule has 2 saturated heterocycles. The molecule has 9 nitrogen and oxygen atoms in total. The van der Waals surface area contributed by atoms with Crippen molar-refractivity contribution in [1.29, 1.82) is 0 Å². The fourth-order valence-corrected chi connectivity index (χ4v) is 6.06. The summed E-state index contributed by atoms with van der Waals surface area (Å²) >= 11 is 1.92. The van der Waals surface area contributed by atoms with Crippen molar-refractivity contribution >= 4 is 23.7 Å². The highest BCUT2D eigenvalue weighted by Crippen LogP contribution is 2.33. The standard InChI is InChI=1S/C23H35N7O2S/c31-21(10-4-3-9-20-22-19(17-33-20)25-23(32)26-22)24-15-18-16-30(28-27-18)14-6-2-1-5-11-29-12-7-8-13-29/h7-8,12-13,16,19-20,22H,1-6,9-11,14-15,17H2,(H,24,31)(H2,25,26,32)/t19-,20-,22-/m0/s1. The van der Waals surface area contributed by atoms with Gasteiger partial charge in [0.25, 0.3) is 0 Å². The van der Waals surface area contributed by atoms with E-state index in [1.54, 1.807) is 0 Å². The van der Waals surface area contributed by atoms with Crippen molar-refractivity contribution in [2.45, 2.75) is 88.3 Å². The van der Waals surface area contributed by atoms with Crippen molar-refractivity contribution in [1.82, 2.24) is 35.5 Å². The lowest BCUT2D eigenvalue weighted by Gasteiger charge is -2.16. The number of urea groups is 1. The van der Waals surface area contributed by atoms with E-state index in [1.165, 1.54) is 19.3 Å². The maximum atomic E-state index is 12.2. The molecule has 0 spiro atoms. The minimum Gasteiger partial charge on any atom is -0.354 e. The summed E-state index contributed by atoms with van der Waals surface area (Å²) in [6, 6.07) is 4.58. The van der Waals surface area contributed by atoms with Gasteiger partial charge in [-0.25, -0.2) is 4.79 Å². The zero-order chi connectivity index (χ0) is 22.9. The molecular formula is C23H35N7O2S. The van der Waals surface area contributed by atoms with Crippen LogP contribution in [0.1, 0.15) is 57.1 Å². The number of nitrogens with zero attached hydrogens (tertiary/aromatic N) is 4. The minimum atomic E-state index is -0.0461. The first kappa shape index (κ1) is 23.7. The van der Waals surface area contributed by atoms with Gasteiger partial charge in [0.2, 0.25) is 5.91 Å². The Morgan fingerprint density at radius 3 is 2.76 bits per heavy atom. The maximum absolute atomic E-state index is 12.2. The Morgan fingerprint density at radius 2 is 1.91 bits per heavy atom. The lowest BCUT2D eigenvalue weighted by Crippen LogP contribution is -2.36. The summed E-state index contributed by atoms with van der Waals surface area (Å²) in [4.78, 5) is 23.6. The topological polar surface area (TPSA) is 106 Å². The molecule has 33 heavy (non-hydrogen) atoms. The number of carbonyl (C=O) groups excluding carboxylic acids is 2. The monoisotopic (exact) mass is 473 g/mol. The molecule has 2 fully saturated rings. The van der Waals surface area contributed by atoms with Crippen molar-refractivity contribution in [2.24, 2.45) is 0 Å². The normalized spacial score (nSPS) is 21.6. The molecule has 180 valence electrons. The third-order valence-electron chi connectivity index (χ3n) is 6.35. The summed E-state index contributed by atoms with van der Waals surface area (Å²) in [5, 5.41) is 17.7. The highest BCUT2D eigenvalue weighted by Gasteiger charge is 2.42. The van der Waals surface area contributed by atoms with Gasteiger partial charge in [-0.3, -0.25) is 9.48 Å². The second-order valence-corrected chi connectivity index (χ2v) is 10.2. The van der Waals surface area contributed by atoms with Crippen LogP contribution in [0.5, 0.6) is 0 Å². The van der Waals surface area contributed by atoms with Crippen LogP contribution in [-0.2, 0) is 24.4 Å². The summed E-state index contributed by atoms with van der Waals surface area (Å²) in [6.07, 6.45) is 14.2. The Labute approximate surface area is 199 Å². The van der Waals surface area contributed by atoms with Crippen molar-refractivity contribution in [3.8, 4) is 0 Å². The van der Waals surface area contributed by atoms with Crippen molar-refractivity contribution < 1.29 is 9.59 Å². The first-order valence-corrected chi connectivity index (χ1v) is 13.2. The van der Waals surface area contributed by atoms with Gasteiger partial charge < -0.3 is 20.5 Å². The summed E-state index contributed by atoms with van der Waals surface area (Å²) in [5.74, 6) is 1.03. The van der Waals surface area contributed by atoms with Crippen LogP contribution >= 0.6 is 11.8 Å². The number of amides is 3. The van der Waals surface area contributed by atoms with Crippen LogP contribution in [-0.4, -0.2) is 54.6 Å². The Hall–Kier alpha value is -2.49. The molecule has 0 radical (unpaired) electrons. The lowest BCUT2D eigenvalue weighted by molar-refractivity contribution is -0.121. The van der Waals surface area contributed by atoms with Gasteiger partial charge in [0, 0.05) is 42.9 Å². The molecule has 10 heteroatoms. The fraction of sp³-hybridized carbons (Fsp3) is 0.652. The number of thioether (sulfide) groups is 1. The van der Waals surface area contributed by atoms with E-state index in [9.17, 15) is 9.59 Å². The highest BCUT2D eigenvalue weighted by atomic mass is 32.2. The Bertz CT molecular complexity index is 885. The molecule has 2 aromatic heterocycles. The molecule has 0 aliphatic carbocycles. The van der Waals surface area contributed by atoms with Crippen LogP contribution < -0.4 is 16.0 Å². The molecule has 2 aliphatic rings. The van der Waals surface area contributed by atoms with Crippen LogP contribution in [0.15, 0.2) is 30.7 Å². The molecule has 2 aromatic rings. The Kier molecular flexibility index (Phi) is 8.68. The molecule has 3 amide bonds. The van der Waals surface area contributed by atoms with Gasteiger partial charge in [-0.1, -0.05) is 24.5 Å². The number of carbonyl (C=O) groups is 2. The highest BCUT2D eigenvalue weighted by molar-refractivity contribution is 8.00. The van der Waals surface area contributed by atoms with Gasteiger partial charge in [-0.05, 0) is 37.8 Å². The number of unbranched alkanes of at least 4 members (excludes halogenated alkanes) is 4. The number of aryl methyl sites for hydroxylation is 2. The van der Waals surface area contributed by atoms with Crippen LogP contribution in [0.25, 0.3) is 0 Å². The molecule has 0 unspecified atom stereocenters. The minimum absolute atomic E-state index is 0.0461. The van der Waals surface area contributed by atoms with Crippen LogP contribution in [0.4, 0.5) is 4.79 Å². The molecule has 4 rings (SSSR count).